The van der Waals surface area contributed by atoms with Gasteiger partial charge in [0.25, 0.3) is 5.91 Å². The van der Waals surface area contributed by atoms with Crippen molar-refractivity contribution in [3.8, 4) is 5.69 Å². The molecule has 3 heterocycles. The zero-order valence-corrected chi connectivity index (χ0v) is 14.4. The monoisotopic (exact) mass is 353 g/mol. The molecule has 134 valence electrons. The fraction of sp³-hybridized carbons (Fsp3) is 0.353. The first kappa shape index (κ1) is 16.4. The van der Waals surface area contributed by atoms with Gasteiger partial charge in [-0.25, -0.2) is 0 Å². The van der Waals surface area contributed by atoms with Crippen LogP contribution in [0.5, 0.6) is 0 Å². The van der Waals surface area contributed by atoms with Crippen molar-refractivity contribution in [1.29, 1.82) is 0 Å². The van der Waals surface area contributed by atoms with E-state index in [1.54, 1.807) is 22.6 Å². The van der Waals surface area contributed by atoms with Crippen LogP contribution in [0, 0.1) is 6.92 Å². The second-order valence-corrected chi connectivity index (χ2v) is 6.23. The second kappa shape index (κ2) is 7.04. The Morgan fingerprint density at radius 3 is 2.62 bits per heavy atom. The summed E-state index contributed by atoms with van der Waals surface area (Å²) in [6.07, 6.45) is 0. The molecule has 0 radical (unpaired) electrons. The van der Waals surface area contributed by atoms with Crippen LogP contribution < -0.4 is 0 Å². The molecular formula is C17H19N7O2. The molecule has 3 aromatic rings. The standard InChI is InChI=1S/C17H19N7O2/c1-13-11-15(19-26-13)17(25)23-9-7-22(8-10-23)12-16-18-20-21-24(16)14-5-3-2-4-6-14/h2-6,11H,7-10,12H2,1H3. The highest BCUT2D eigenvalue weighted by molar-refractivity contribution is 5.92. The van der Waals surface area contributed by atoms with Crippen molar-refractivity contribution in [2.45, 2.75) is 13.5 Å². The number of aryl methyl sites for hydroxylation is 1. The molecule has 0 bridgehead atoms. The third-order valence-corrected chi connectivity index (χ3v) is 4.41. The second-order valence-electron chi connectivity index (χ2n) is 6.23. The largest absolute Gasteiger partial charge is 0.361 e. The number of aromatic nitrogens is 5. The fourth-order valence-electron chi connectivity index (χ4n) is 3.01. The van der Waals surface area contributed by atoms with Gasteiger partial charge in [0, 0.05) is 32.2 Å². The van der Waals surface area contributed by atoms with Crippen molar-refractivity contribution in [2.24, 2.45) is 0 Å². The third kappa shape index (κ3) is 3.33. The van der Waals surface area contributed by atoms with Crippen molar-refractivity contribution in [3.63, 3.8) is 0 Å². The molecule has 1 fully saturated rings. The quantitative estimate of drug-likeness (QED) is 0.688. The Morgan fingerprint density at radius 2 is 1.92 bits per heavy atom. The smallest absolute Gasteiger partial charge is 0.276 e. The molecule has 1 amide bonds. The molecule has 1 aliphatic heterocycles. The van der Waals surface area contributed by atoms with E-state index >= 15 is 0 Å². The first-order valence-corrected chi connectivity index (χ1v) is 8.48. The highest BCUT2D eigenvalue weighted by atomic mass is 16.5. The Labute approximate surface area is 150 Å². The maximum Gasteiger partial charge on any atom is 0.276 e. The number of hydrogen-bond donors (Lipinski definition) is 0. The predicted molar refractivity (Wildman–Crippen MR) is 91.6 cm³/mol. The minimum Gasteiger partial charge on any atom is -0.361 e. The van der Waals surface area contributed by atoms with E-state index in [0.29, 0.717) is 31.1 Å². The number of carbonyl (C=O) groups excluding carboxylic acids is 1. The van der Waals surface area contributed by atoms with Crippen LogP contribution in [0.15, 0.2) is 40.9 Å². The summed E-state index contributed by atoms with van der Waals surface area (Å²) in [5.41, 5.74) is 1.30. The summed E-state index contributed by atoms with van der Waals surface area (Å²) in [6, 6.07) is 11.5. The van der Waals surface area contributed by atoms with E-state index in [9.17, 15) is 4.79 Å². The van der Waals surface area contributed by atoms with Gasteiger partial charge in [-0.1, -0.05) is 23.4 Å². The van der Waals surface area contributed by atoms with E-state index in [4.69, 9.17) is 4.52 Å². The lowest BCUT2D eigenvalue weighted by atomic mass is 10.2. The Morgan fingerprint density at radius 1 is 1.15 bits per heavy atom. The van der Waals surface area contributed by atoms with Crippen molar-refractivity contribution in [3.05, 3.63) is 53.7 Å². The summed E-state index contributed by atoms with van der Waals surface area (Å²) in [7, 11) is 0. The summed E-state index contributed by atoms with van der Waals surface area (Å²) < 4.78 is 6.74. The van der Waals surface area contributed by atoms with Crippen LogP contribution in [-0.4, -0.2) is 67.2 Å². The lowest BCUT2D eigenvalue weighted by Crippen LogP contribution is -2.48. The maximum absolute atomic E-state index is 12.4. The third-order valence-electron chi connectivity index (χ3n) is 4.41. The molecule has 1 aromatic carbocycles. The summed E-state index contributed by atoms with van der Waals surface area (Å²) in [4.78, 5) is 16.5. The lowest BCUT2D eigenvalue weighted by molar-refractivity contribution is 0.0614. The molecule has 0 spiro atoms. The van der Waals surface area contributed by atoms with Gasteiger partial charge in [0.05, 0.1) is 12.2 Å². The number of hydrogen-bond acceptors (Lipinski definition) is 7. The van der Waals surface area contributed by atoms with Gasteiger partial charge in [-0.15, -0.1) is 5.10 Å². The van der Waals surface area contributed by atoms with Gasteiger partial charge in [-0.05, 0) is 29.5 Å². The van der Waals surface area contributed by atoms with Crippen molar-refractivity contribution < 1.29 is 9.32 Å². The number of tetrazole rings is 1. The van der Waals surface area contributed by atoms with Crippen LogP contribution in [0.2, 0.25) is 0 Å². The zero-order valence-electron chi connectivity index (χ0n) is 14.4. The summed E-state index contributed by atoms with van der Waals surface area (Å²) in [5, 5.41) is 15.8. The van der Waals surface area contributed by atoms with E-state index in [1.807, 2.05) is 30.3 Å². The van der Waals surface area contributed by atoms with Crippen molar-refractivity contribution in [2.75, 3.05) is 26.2 Å². The fourth-order valence-corrected chi connectivity index (χ4v) is 3.01. The van der Waals surface area contributed by atoms with Gasteiger partial charge in [-0.3, -0.25) is 9.69 Å². The first-order chi connectivity index (χ1) is 12.7. The van der Waals surface area contributed by atoms with E-state index in [1.165, 1.54) is 0 Å². The van der Waals surface area contributed by atoms with Crippen LogP contribution >= 0.6 is 0 Å². The summed E-state index contributed by atoms with van der Waals surface area (Å²) in [6.45, 7) is 5.19. The van der Waals surface area contributed by atoms with Crippen LogP contribution in [0.25, 0.3) is 5.69 Å². The van der Waals surface area contributed by atoms with Crippen molar-refractivity contribution >= 4 is 5.91 Å². The van der Waals surface area contributed by atoms with Gasteiger partial charge in [-0.2, -0.15) is 4.68 Å². The molecular weight excluding hydrogens is 334 g/mol. The van der Waals surface area contributed by atoms with Gasteiger partial charge in [0.1, 0.15) is 5.76 Å². The van der Waals surface area contributed by atoms with E-state index in [-0.39, 0.29) is 5.91 Å². The molecule has 9 heteroatoms. The SMILES string of the molecule is Cc1cc(C(=O)N2CCN(Cc3nnnn3-c3ccccc3)CC2)no1. The average Bonchev–Trinajstić information content (AvgIpc) is 3.31. The van der Waals surface area contributed by atoms with Gasteiger partial charge in [0.2, 0.25) is 0 Å². The molecule has 2 aromatic heterocycles. The Kier molecular flexibility index (Phi) is 4.44. The average molecular weight is 353 g/mol. The van der Waals surface area contributed by atoms with Crippen LogP contribution in [-0.2, 0) is 6.54 Å². The minimum absolute atomic E-state index is 0.0874. The highest BCUT2D eigenvalue weighted by Crippen LogP contribution is 2.13. The first-order valence-electron chi connectivity index (χ1n) is 8.48. The molecule has 0 unspecified atom stereocenters. The number of benzene rings is 1. The number of amides is 1. The van der Waals surface area contributed by atoms with E-state index in [2.05, 4.69) is 25.6 Å². The number of piperazine rings is 1. The molecule has 9 nitrogen and oxygen atoms in total. The number of para-hydroxylation sites is 1. The number of carbonyl (C=O) groups is 1. The zero-order chi connectivity index (χ0) is 17.9. The Hall–Kier alpha value is -3.07. The summed E-state index contributed by atoms with van der Waals surface area (Å²) in [5.74, 6) is 1.33. The molecule has 0 atom stereocenters. The topological polar surface area (TPSA) is 93.2 Å². The minimum atomic E-state index is -0.0874. The molecule has 0 N–H and O–H groups in total. The molecule has 1 aliphatic rings. The molecule has 1 saturated heterocycles. The number of rotatable bonds is 4. The van der Waals surface area contributed by atoms with E-state index < -0.39 is 0 Å². The predicted octanol–water partition coefficient (Wildman–Crippen LogP) is 0.917. The molecule has 26 heavy (non-hydrogen) atoms. The van der Waals surface area contributed by atoms with Crippen LogP contribution in [0.4, 0.5) is 0 Å². The lowest BCUT2D eigenvalue weighted by Gasteiger charge is -2.33. The van der Waals surface area contributed by atoms with Gasteiger partial charge >= 0.3 is 0 Å². The summed E-state index contributed by atoms with van der Waals surface area (Å²) >= 11 is 0. The number of nitrogens with zero attached hydrogens (tertiary/aromatic N) is 7. The Balaban J connectivity index is 1.38. The Bertz CT molecular complexity index is 881. The molecule has 0 saturated carbocycles. The van der Waals surface area contributed by atoms with Gasteiger partial charge in [0.15, 0.2) is 11.5 Å². The molecule has 0 aliphatic carbocycles. The highest BCUT2D eigenvalue weighted by Gasteiger charge is 2.25. The maximum atomic E-state index is 12.4. The van der Waals surface area contributed by atoms with E-state index in [0.717, 1.165) is 24.6 Å². The van der Waals surface area contributed by atoms with Crippen molar-refractivity contribution in [1.82, 2.24) is 35.2 Å². The van der Waals surface area contributed by atoms with Crippen LogP contribution in [0.3, 0.4) is 0 Å². The van der Waals surface area contributed by atoms with Gasteiger partial charge < -0.3 is 9.42 Å². The normalized spacial score (nSPS) is 15.3. The van der Waals surface area contributed by atoms with Crippen LogP contribution in [0.1, 0.15) is 22.1 Å². The molecule has 4 rings (SSSR count).